The van der Waals surface area contributed by atoms with Gasteiger partial charge in [-0.2, -0.15) is 0 Å². The number of nitrogens with two attached hydrogens (primary N) is 1. The first-order valence-electron chi connectivity index (χ1n) is 7.93. The normalized spacial score (nSPS) is 12.6. The summed E-state index contributed by atoms with van der Waals surface area (Å²) < 4.78 is 0. The number of anilines is 1. The van der Waals surface area contributed by atoms with Crippen LogP contribution in [-0.4, -0.2) is 24.0 Å². The van der Waals surface area contributed by atoms with Crippen molar-refractivity contribution in [3.05, 3.63) is 63.7 Å². The number of primary amides is 1. The van der Waals surface area contributed by atoms with E-state index in [1.165, 1.54) is 0 Å². The van der Waals surface area contributed by atoms with Crippen LogP contribution in [0.1, 0.15) is 61.6 Å². The van der Waals surface area contributed by atoms with Crippen molar-refractivity contribution in [2.24, 2.45) is 5.73 Å². The van der Waals surface area contributed by atoms with Crippen molar-refractivity contribution in [2.75, 3.05) is 11.9 Å². The first-order valence-corrected chi connectivity index (χ1v) is 7.93. The monoisotopic (exact) mass is 322 g/mol. The molecule has 0 aliphatic heterocycles. The van der Waals surface area contributed by atoms with Crippen LogP contribution in [0.3, 0.4) is 0 Å². The summed E-state index contributed by atoms with van der Waals surface area (Å²) in [6, 6.07) is 8.37. The molecule has 0 fully saturated rings. The molecule has 0 bridgehead atoms. The molecule has 1 aliphatic rings. The second kappa shape index (κ2) is 5.92. The fraction of sp³-hybridized carbons (Fsp3) is 0.211. The summed E-state index contributed by atoms with van der Waals surface area (Å²) in [5, 5.41) is 3.07. The van der Waals surface area contributed by atoms with Gasteiger partial charge >= 0.3 is 0 Å². The van der Waals surface area contributed by atoms with Crippen LogP contribution >= 0.6 is 0 Å². The van der Waals surface area contributed by atoms with E-state index in [1.54, 1.807) is 30.3 Å². The molecule has 0 spiro atoms. The highest BCUT2D eigenvalue weighted by Gasteiger charge is 2.34. The fourth-order valence-corrected chi connectivity index (χ4v) is 3.23. The van der Waals surface area contributed by atoms with Crippen molar-refractivity contribution < 1.29 is 14.4 Å². The molecule has 0 aromatic heterocycles. The number of amides is 1. The summed E-state index contributed by atoms with van der Waals surface area (Å²) in [7, 11) is 0. The minimum atomic E-state index is -0.607. The number of ketones is 2. The van der Waals surface area contributed by atoms with Crippen LogP contribution in [0.25, 0.3) is 0 Å². The van der Waals surface area contributed by atoms with Crippen molar-refractivity contribution in [1.82, 2.24) is 0 Å². The zero-order valence-electron chi connectivity index (χ0n) is 13.6. The standard InChI is InChI=1S/C19H18N2O3/c1-3-10-9-13-15(16(21-4-2)14(10)19(20)24)18(23)12-8-6-5-7-11(12)17(13)22/h5-9,21H,3-4H2,1-2H3,(H2,20,24). The third-order valence-corrected chi connectivity index (χ3v) is 4.28. The second-order valence-electron chi connectivity index (χ2n) is 5.66. The number of nitrogens with one attached hydrogen (secondary N) is 1. The lowest BCUT2D eigenvalue weighted by Gasteiger charge is -2.24. The molecular formula is C19H18N2O3. The van der Waals surface area contributed by atoms with Gasteiger partial charge in [0.15, 0.2) is 11.6 Å². The second-order valence-corrected chi connectivity index (χ2v) is 5.66. The number of aryl methyl sites for hydroxylation is 1. The number of rotatable bonds is 4. The van der Waals surface area contributed by atoms with Crippen LogP contribution in [0.15, 0.2) is 30.3 Å². The van der Waals surface area contributed by atoms with Crippen LogP contribution in [-0.2, 0) is 6.42 Å². The topological polar surface area (TPSA) is 89.3 Å². The van der Waals surface area contributed by atoms with Gasteiger partial charge in [0.05, 0.1) is 16.8 Å². The van der Waals surface area contributed by atoms with E-state index in [-0.39, 0.29) is 17.1 Å². The maximum atomic E-state index is 13.0. The van der Waals surface area contributed by atoms with Crippen molar-refractivity contribution in [2.45, 2.75) is 20.3 Å². The van der Waals surface area contributed by atoms with Gasteiger partial charge in [0, 0.05) is 23.2 Å². The fourth-order valence-electron chi connectivity index (χ4n) is 3.23. The predicted molar refractivity (Wildman–Crippen MR) is 91.8 cm³/mol. The smallest absolute Gasteiger partial charge is 0.251 e. The highest BCUT2D eigenvalue weighted by Crippen LogP contribution is 2.36. The van der Waals surface area contributed by atoms with Gasteiger partial charge in [-0.15, -0.1) is 0 Å². The van der Waals surface area contributed by atoms with Crippen LogP contribution in [0.2, 0.25) is 0 Å². The Bertz CT molecular complexity index is 884. The van der Waals surface area contributed by atoms with E-state index in [4.69, 9.17) is 5.73 Å². The van der Waals surface area contributed by atoms with Gasteiger partial charge in [0.2, 0.25) is 0 Å². The maximum Gasteiger partial charge on any atom is 0.251 e. The molecule has 3 rings (SSSR count). The van der Waals surface area contributed by atoms with Gasteiger partial charge in [-0.3, -0.25) is 14.4 Å². The molecule has 2 aromatic rings. The van der Waals surface area contributed by atoms with E-state index >= 15 is 0 Å². The Hall–Kier alpha value is -2.95. The summed E-state index contributed by atoms with van der Waals surface area (Å²) in [6.45, 7) is 4.24. The molecule has 0 saturated carbocycles. The zero-order chi connectivity index (χ0) is 17.4. The Labute approximate surface area is 139 Å². The average molecular weight is 322 g/mol. The lowest BCUT2D eigenvalue weighted by atomic mass is 9.80. The molecule has 0 heterocycles. The number of carbonyl (C=O) groups excluding carboxylic acids is 3. The van der Waals surface area contributed by atoms with Crippen molar-refractivity contribution in [1.29, 1.82) is 0 Å². The van der Waals surface area contributed by atoms with Crippen molar-refractivity contribution >= 4 is 23.2 Å². The van der Waals surface area contributed by atoms with Gasteiger partial charge in [-0.25, -0.2) is 0 Å². The molecule has 0 saturated heterocycles. The number of benzene rings is 2. The first-order chi connectivity index (χ1) is 11.5. The van der Waals surface area contributed by atoms with E-state index in [1.807, 2.05) is 13.8 Å². The van der Waals surface area contributed by atoms with E-state index < -0.39 is 5.91 Å². The molecule has 0 atom stereocenters. The van der Waals surface area contributed by atoms with Crippen LogP contribution < -0.4 is 11.1 Å². The minimum Gasteiger partial charge on any atom is -0.384 e. The van der Waals surface area contributed by atoms with Crippen LogP contribution in [0.5, 0.6) is 0 Å². The largest absolute Gasteiger partial charge is 0.384 e. The average Bonchev–Trinajstić information content (AvgIpc) is 2.58. The number of carbonyl (C=O) groups is 3. The van der Waals surface area contributed by atoms with Gasteiger partial charge in [0.25, 0.3) is 5.91 Å². The van der Waals surface area contributed by atoms with Crippen molar-refractivity contribution in [3.8, 4) is 0 Å². The molecule has 122 valence electrons. The third kappa shape index (κ3) is 2.21. The molecule has 1 amide bonds. The molecule has 0 radical (unpaired) electrons. The molecule has 5 heteroatoms. The van der Waals surface area contributed by atoms with Gasteiger partial charge in [-0.05, 0) is 25.0 Å². The molecular weight excluding hydrogens is 304 g/mol. The summed E-state index contributed by atoms with van der Waals surface area (Å²) in [4.78, 5) is 37.8. The summed E-state index contributed by atoms with van der Waals surface area (Å²) in [6.07, 6.45) is 0.535. The first kappa shape index (κ1) is 15.9. The number of hydrogen-bond donors (Lipinski definition) is 2. The van der Waals surface area contributed by atoms with E-state index in [9.17, 15) is 14.4 Å². The lowest BCUT2D eigenvalue weighted by Crippen LogP contribution is -2.26. The zero-order valence-corrected chi connectivity index (χ0v) is 13.6. The number of fused-ring (bicyclic) bond motifs is 2. The van der Waals surface area contributed by atoms with Crippen molar-refractivity contribution in [3.63, 3.8) is 0 Å². The van der Waals surface area contributed by atoms with E-state index in [2.05, 4.69) is 5.32 Å². The Balaban J connectivity index is 2.40. The van der Waals surface area contributed by atoms with Crippen LogP contribution in [0.4, 0.5) is 5.69 Å². The van der Waals surface area contributed by atoms with Gasteiger partial charge < -0.3 is 11.1 Å². The molecule has 1 aliphatic carbocycles. The van der Waals surface area contributed by atoms with Gasteiger partial charge in [0.1, 0.15) is 0 Å². The molecule has 24 heavy (non-hydrogen) atoms. The summed E-state index contributed by atoms with van der Waals surface area (Å²) >= 11 is 0. The van der Waals surface area contributed by atoms with Gasteiger partial charge in [-0.1, -0.05) is 31.2 Å². The molecule has 3 N–H and O–H groups in total. The predicted octanol–water partition coefficient (Wildman–Crippen LogP) is 2.56. The Morgan fingerprint density at radius 1 is 1.04 bits per heavy atom. The lowest BCUT2D eigenvalue weighted by molar-refractivity contribution is 0.0977. The minimum absolute atomic E-state index is 0.204. The molecule has 0 unspecified atom stereocenters. The Kier molecular flexibility index (Phi) is 3.93. The Morgan fingerprint density at radius 2 is 1.67 bits per heavy atom. The quantitative estimate of drug-likeness (QED) is 0.772. The summed E-state index contributed by atoms with van der Waals surface area (Å²) in [5.41, 5.74) is 8.20. The summed E-state index contributed by atoms with van der Waals surface area (Å²) in [5.74, 6) is -1.07. The SMILES string of the molecule is CCNc1c(C(N)=O)c(CC)cc2c1C(=O)c1ccccc1C2=O. The highest BCUT2D eigenvalue weighted by atomic mass is 16.1. The van der Waals surface area contributed by atoms with E-state index in [0.29, 0.717) is 46.5 Å². The highest BCUT2D eigenvalue weighted by molar-refractivity contribution is 6.31. The molecule has 2 aromatic carbocycles. The third-order valence-electron chi connectivity index (χ3n) is 4.28. The van der Waals surface area contributed by atoms with E-state index in [0.717, 1.165) is 0 Å². The van der Waals surface area contributed by atoms with Crippen LogP contribution in [0, 0.1) is 0 Å². The maximum absolute atomic E-state index is 13.0. The molecule has 5 nitrogen and oxygen atoms in total. The number of hydrogen-bond acceptors (Lipinski definition) is 4. The Morgan fingerprint density at radius 3 is 2.21 bits per heavy atom.